The van der Waals surface area contributed by atoms with E-state index in [0.717, 1.165) is 39.4 Å². The third-order valence-corrected chi connectivity index (χ3v) is 6.83. The molecular formula is C34H37N3O5. The van der Waals surface area contributed by atoms with Crippen LogP contribution in [0.4, 0.5) is 5.69 Å². The molecule has 0 saturated carbocycles. The Labute approximate surface area is 247 Å². The van der Waals surface area contributed by atoms with Crippen molar-refractivity contribution in [1.82, 2.24) is 10.6 Å². The summed E-state index contributed by atoms with van der Waals surface area (Å²) in [5.41, 5.74) is 5.07. The highest BCUT2D eigenvalue weighted by atomic mass is 16.5. The van der Waals surface area contributed by atoms with E-state index in [1.54, 1.807) is 33.5 Å². The van der Waals surface area contributed by atoms with E-state index >= 15 is 0 Å². The van der Waals surface area contributed by atoms with Gasteiger partial charge in [0, 0.05) is 36.3 Å². The van der Waals surface area contributed by atoms with Crippen LogP contribution in [0.1, 0.15) is 21.5 Å². The molecular weight excluding hydrogens is 530 g/mol. The van der Waals surface area contributed by atoms with Crippen LogP contribution in [0, 0.1) is 6.92 Å². The number of amides is 2. The van der Waals surface area contributed by atoms with Crippen LogP contribution < -0.4 is 30.2 Å². The van der Waals surface area contributed by atoms with Gasteiger partial charge in [0.05, 0.1) is 21.3 Å². The lowest BCUT2D eigenvalue weighted by Gasteiger charge is -2.20. The molecule has 0 aliphatic heterocycles. The van der Waals surface area contributed by atoms with Gasteiger partial charge in [-0.05, 0) is 72.6 Å². The van der Waals surface area contributed by atoms with Crippen LogP contribution in [-0.4, -0.2) is 52.3 Å². The number of nitrogens with one attached hydrogen (secondary N) is 3. The Morgan fingerprint density at radius 3 is 2.24 bits per heavy atom. The number of hydrogen-bond acceptors (Lipinski definition) is 6. The second kappa shape index (κ2) is 14.6. The van der Waals surface area contributed by atoms with Gasteiger partial charge in [-0.25, -0.2) is 0 Å². The second-order valence-electron chi connectivity index (χ2n) is 9.81. The summed E-state index contributed by atoms with van der Waals surface area (Å²) in [4.78, 5) is 26.5. The van der Waals surface area contributed by atoms with E-state index in [1.165, 1.54) is 0 Å². The number of rotatable bonds is 13. The molecule has 0 radical (unpaired) electrons. The molecule has 1 atom stereocenters. The number of carbonyl (C=O) groups is 2. The molecule has 4 aromatic carbocycles. The highest BCUT2D eigenvalue weighted by Gasteiger charge is 2.23. The fourth-order valence-corrected chi connectivity index (χ4v) is 4.59. The monoisotopic (exact) mass is 567 g/mol. The van der Waals surface area contributed by atoms with Gasteiger partial charge in [0.2, 0.25) is 5.91 Å². The van der Waals surface area contributed by atoms with Crippen LogP contribution in [0.5, 0.6) is 17.2 Å². The van der Waals surface area contributed by atoms with Gasteiger partial charge in [-0.2, -0.15) is 0 Å². The van der Waals surface area contributed by atoms with Crippen molar-refractivity contribution in [2.45, 2.75) is 19.4 Å². The summed E-state index contributed by atoms with van der Waals surface area (Å²) >= 11 is 0. The van der Waals surface area contributed by atoms with E-state index in [2.05, 4.69) is 16.0 Å². The Hall–Kier alpha value is -4.98. The first-order chi connectivity index (χ1) is 20.4. The molecule has 0 saturated heterocycles. The minimum Gasteiger partial charge on any atom is -0.497 e. The smallest absolute Gasteiger partial charge is 0.251 e. The lowest BCUT2D eigenvalue weighted by Crippen LogP contribution is -2.48. The van der Waals surface area contributed by atoms with Crippen LogP contribution in [-0.2, 0) is 11.2 Å². The van der Waals surface area contributed by atoms with Gasteiger partial charge in [0.15, 0.2) is 0 Å². The van der Waals surface area contributed by atoms with Crippen LogP contribution in [0.15, 0.2) is 91.0 Å². The van der Waals surface area contributed by atoms with E-state index in [4.69, 9.17) is 14.2 Å². The normalized spacial score (nSPS) is 11.2. The number of hydrogen-bond donors (Lipinski definition) is 3. The van der Waals surface area contributed by atoms with Crippen LogP contribution >= 0.6 is 0 Å². The maximum absolute atomic E-state index is 13.4. The molecule has 8 nitrogen and oxygen atoms in total. The standard InChI is InChI=1S/C34H37N3O5/c1-23-7-5-9-26(19-23)33(38)37-31(34(39)36-18-17-35-27-12-14-28(40-2)15-13-27)20-24-11-16-30(32(21-24)42-4)25-8-6-10-29(22-25)41-3/h5-16,19,21-22,31,35H,17-18,20H2,1-4H3,(H,36,39)(H,37,38)/t31-/m0/s1. The van der Waals surface area contributed by atoms with Gasteiger partial charge in [0.25, 0.3) is 5.91 Å². The van der Waals surface area contributed by atoms with Gasteiger partial charge >= 0.3 is 0 Å². The molecule has 2 amide bonds. The van der Waals surface area contributed by atoms with Gasteiger partial charge in [-0.3, -0.25) is 9.59 Å². The molecule has 3 N–H and O–H groups in total. The van der Waals surface area contributed by atoms with Crippen molar-refractivity contribution >= 4 is 17.5 Å². The SMILES string of the molecule is COc1ccc(NCCNC(=O)[C@H](Cc2ccc(-c3cccc(OC)c3)c(OC)c2)NC(=O)c2cccc(C)c2)cc1. The van der Waals surface area contributed by atoms with Crippen molar-refractivity contribution in [3.05, 3.63) is 108 Å². The van der Waals surface area contributed by atoms with E-state index in [9.17, 15) is 9.59 Å². The zero-order valence-electron chi connectivity index (χ0n) is 24.4. The lowest BCUT2D eigenvalue weighted by molar-refractivity contribution is -0.122. The molecule has 0 unspecified atom stereocenters. The summed E-state index contributed by atoms with van der Waals surface area (Å²) in [6.45, 7) is 2.81. The molecule has 0 aromatic heterocycles. The lowest BCUT2D eigenvalue weighted by atomic mass is 9.98. The Kier molecular flexibility index (Phi) is 10.4. The topological polar surface area (TPSA) is 97.9 Å². The highest BCUT2D eigenvalue weighted by Crippen LogP contribution is 2.33. The van der Waals surface area contributed by atoms with Crippen molar-refractivity contribution < 1.29 is 23.8 Å². The molecule has 4 rings (SSSR count). The number of aryl methyl sites for hydroxylation is 1. The molecule has 4 aromatic rings. The van der Waals surface area contributed by atoms with Crippen molar-refractivity contribution in [3.63, 3.8) is 0 Å². The number of carbonyl (C=O) groups excluding carboxylic acids is 2. The fourth-order valence-electron chi connectivity index (χ4n) is 4.59. The third kappa shape index (κ3) is 8.04. The van der Waals surface area contributed by atoms with Crippen molar-refractivity contribution in [2.24, 2.45) is 0 Å². The summed E-state index contributed by atoms with van der Waals surface area (Å²) in [6.07, 6.45) is 0.282. The fraction of sp³-hybridized carbons (Fsp3) is 0.235. The average molecular weight is 568 g/mol. The summed E-state index contributed by atoms with van der Waals surface area (Å²) < 4.78 is 16.3. The Bertz CT molecular complexity index is 1500. The Morgan fingerprint density at radius 1 is 0.762 bits per heavy atom. The van der Waals surface area contributed by atoms with Gasteiger partial charge in [0.1, 0.15) is 23.3 Å². The molecule has 218 valence electrons. The predicted octanol–water partition coefficient (Wildman–Crippen LogP) is 5.26. The molecule has 0 fully saturated rings. The van der Waals surface area contributed by atoms with Crippen LogP contribution in [0.25, 0.3) is 11.1 Å². The molecule has 0 aliphatic carbocycles. The van der Waals surface area contributed by atoms with Crippen molar-refractivity contribution in [3.8, 4) is 28.4 Å². The van der Waals surface area contributed by atoms with Gasteiger partial charge < -0.3 is 30.2 Å². The first-order valence-electron chi connectivity index (χ1n) is 13.7. The maximum Gasteiger partial charge on any atom is 0.251 e. The summed E-state index contributed by atoms with van der Waals surface area (Å²) in [5, 5.41) is 9.17. The van der Waals surface area contributed by atoms with Crippen LogP contribution in [0.3, 0.4) is 0 Å². The molecule has 42 heavy (non-hydrogen) atoms. The number of anilines is 1. The molecule has 0 aliphatic rings. The van der Waals surface area contributed by atoms with Crippen molar-refractivity contribution in [2.75, 3.05) is 39.7 Å². The third-order valence-electron chi connectivity index (χ3n) is 6.83. The summed E-state index contributed by atoms with van der Waals surface area (Å²) in [5.74, 6) is 1.59. The quantitative estimate of drug-likeness (QED) is 0.191. The average Bonchev–Trinajstić information content (AvgIpc) is 3.02. The first-order valence-corrected chi connectivity index (χ1v) is 13.7. The van der Waals surface area contributed by atoms with Gasteiger partial charge in [-0.15, -0.1) is 0 Å². The summed E-state index contributed by atoms with van der Waals surface area (Å²) in [7, 11) is 4.87. The molecule has 0 spiro atoms. The largest absolute Gasteiger partial charge is 0.497 e. The minimum atomic E-state index is -0.800. The molecule has 0 heterocycles. The maximum atomic E-state index is 13.4. The van der Waals surface area contributed by atoms with Crippen LogP contribution in [0.2, 0.25) is 0 Å². The Balaban J connectivity index is 1.48. The zero-order chi connectivity index (χ0) is 29.9. The predicted molar refractivity (Wildman–Crippen MR) is 166 cm³/mol. The van der Waals surface area contributed by atoms with E-state index in [0.29, 0.717) is 24.4 Å². The second-order valence-corrected chi connectivity index (χ2v) is 9.81. The van der Waals surface area contributed by atoms with Crippen molar-refractivity contribution in [1.29, 1.82) is 0 Å². The minimum absolute atomic E-state index is 0.275. The van der Waals surface area contributed by atoms with E-state index in [-0.39, 0.29) is 18.2 Å². The molecule has 0 bridgehead atoms. The number of ether oxygens (including phenoxy) is 3. The summed E-state index contributed by atoms with van der Waals surface area (Å²) in [6, 6.07) is 27.6. The number of benzene rings is 4. The Morgan fingerprint density at radius 2 is 1.52 bits per heavy atom. The molecule has 8 heteroatoms. The van der Waals surface area contributed by atoms with E-state index < -0.39 is 6.04 Å². The number of methoxy groups -OCH3 is 3. The highest BCUT2D eigenvalue weighted by molar-refractivity contribution is 5.97. The first kappa shape index (κ1) is 30.0. The van der Waals surface area contributed by atoms with Gasteiger partial charge in [-0.1, -0.05) is 42.0 Å². The van der Waals surface area contributed by atoms with E-state index in [1.807, 2.05) is 85.8 Å². The zero-order valence-corrected chi connectivity index (χ0v) is 24.4.